The van der Waals surface area contributed by atoms with Gasteiger partial charge in [0.05, 0.1) is 12.2 Å². The van der Waals surface area contributed by atoms with E-state index < -0.39 is 0 Å². The van der Waals surface area contributed by atoms with Crippen LogP contribution >= 0.6 is 0 Å². The number of nitrogens with one attached hydrogen (secondary N) is 1. The Labute approximate surface area is 130 Å². The normalized spacial score (nSPS) is 33.3. The summed E-state index contributed by atoms with van der Waals surface area (Å²) in [5.41, 5.74) is 0.747. The van der Waals surface area contributed by atoms with Crippen molar-refractivity contribution in [2.75, 3.05) is 26.2 Å². The Hall–Kier alpha value is -0.120. The average molecular weight is 294 g/mol. The largest absolute Gasteiger partial charge is 0.372 e. The highest BCUT2D eigenvalue weighted by Crippen LogP contribution is 2.46. The second-order valence-electron chi connectivity index (χ2n) is 8.03. The predicted molar refractivity (Wildman–Crippen MR) is 87.6 cm³/mol. The first-order chi connectivity index (χ1) is 10.2. The molecule has 3 heteroatoms. The van der Waals surface area contributed by atoms with Gasteiger partial charge >= 0.3 is 0 Å². The van der Waals surface area contributed by atoms with Gasteiger partial charge in [-0.2, -0.15) is 0 Å². The molecule has 3 nitrogen and oxygen atoms in total. The van der Waals surface area contributed by atoms with Crippen molar-refractivity contribution in [2.24, 2.45) is 5.41 Å². The number of likely N-dealkylation sites (tertiary alicyclic amines) is 1. The van der Waals surface area contributed by atoms with Crippen molar-refractivity contribution in [2.45, 2.75) is 83.5 Å². The van der Waals surface area contributed by atoms with Crippen LogP contribution in [0.2, 0.25) is 0 Å². The lowest BCUT2D eigenvalue weighted by atomic mass is 9.77. The monoisotopic (exact) mass is 294 g/mol. The molecule has 122 valence electrons. The van der Waals surface area contributed by atoms with Gasteiger partial charge in [-0.05, 0) is 57.0 Å². The molecule has 0 aromatic carbocycles. The van der Waals surface area contributed by atoms with Gasteiger partial charge in [0, 0.05) is 19.1 Å². The van der Waals surface area contributed by atoms with Crippen molar-refractivity contribution in [1.82, 2.24) is 10.2 Å². The summed E-state index contributed by atoms with van der Waals surface area (Å²) in [7, 11) is 0. The van der Waals surface area contributed by atoms with Crippen molar-refractivity contribution in [3.63, 3.8) is 0 Å². The zero-order chi connectivity index (χ0) is 14.7. The van der Waals surface area contributed by atoms with Crippen molar-refractivity contribution < 1.29 is 4.74 Å². The van der Waals surface area contributed by atoms with E-state index in [4.69, 9.17) is 4.74 Å². The number of rotatable bonds is 5. The van der Waals surface area contributed by atoms with Gasteiger partial charge in [0.1, 0.15) is 0 Å². The van der Waals surface area contributed by atoms with Gasteiger partial charge in [0.25, 0.3) is 0 Å². The molecule has 2 aliphatic heterocycles. The van der Waals surface area contributed by atoms with Crippen molar-refractivity contribution >= 4 is 0 Å². The fraction of sp³-hybridized carbons (Fsp3) is 1.00. The highest BCUT2D eigenvalue weighted by molar-refractivity contribution is 4.90. The lowest BCUT2D eigenvalue weighted by molar-refractivity contribution is 0.00779. The molecule has 3 aliphatic rings. The van der Waals surface area contributed by atoms with Crippen LogP contribution in [0.5, 0.6) is 0 Å². The third kappa shape index (κ3) is 4.20. The molecule has 21 heavy (non-hydrogen) atoms. The molecule has 0 radical (unpaired) electrons. The van der Waals surface area contributed by atoms with Gasteiger partial charge in [0.15, 0.2) is 0 Å². The van der Waals surface area contributed by atoms with Crippen molar-refractivity contribution in [3.8, 4) is 0 Å². The molecule has 1 saturated carbocycles. The molecule has 1 spiro atoms. The van der Waals surface area contributed by atoms with Crippen LogP contribution in [-0.4, -0.2) is 49.3 Å². The Morgan fingerprint density at radius 1 is 1.05 bits per heavy atom. The lowest BCUT2D eigenvalue weighted by Crippen LogP contribution is -2.42. The molecule has 1 aliphatic carbocycles. The maximum absolute atomic E-state index is 6.23. The number of hydrogen-bond acceptors (Lipinski definition) is 3. The Morgan fingerprint density at radius 3 is 2.38 bits per heavy atom. The van der Waals surface area contributed by atoms with E-state index in [0.717, 1.165) is 12.0 Å². The Balaban J connectivity index is 1.36. The van der Waals surface area contributed by atoms with E-state index in [1.54, 1.807) is 0 Å². The van der Waals surface area contributed by atoms with Crippen LogP contribution < -0.4 is 5.32 Å². The zero-order valence-corrected chi connectivity index (χ0v) is 14.1. The smallest absolute Gasteiger partial charge is 0.0707 e. The van der Waals surface area contributed by atoms with Gasteiger partial charge in [-0.25, -0.2) is 0 Å². The molecule has 0 aromatic heterocycles. The molecule has 2 heterocycles. The second kappa shape index (κ2) is 6.97. The molecule has 3 fully saturated rings. The fourth-order valence-corrected chi connectivity index (χ4v) is 4.55. The van der Waals surface area contributed by atoms with Crippen LogP contribution in [0.1, 0.15) is 65.2 Å². The van der Waals surface area contributed by atoms with E-state index in [1.165, 1.54) is 71.0 Å². The van der Waals surface area contributed by atoms with Crippen LogP contribution in [0.3, 0.4) is 0 Å². The molecule has 0 aromatic rings. The summed E-state index contributed by atoms with van der Waals surface area (Å²) in [5.74, 6) is 0. The molecule has 2 unspecified atom stereocenters. The minimum absolute atomic E-state index is 0.448. The first-order valence-corrected chi connectivity index (χ1v) is 9.26. The van der Waals surface area contributed by atoms with E-state index in [9.17, 15) is 0 Å². The Kier molecular flexibility index (Phi) is 5.23. The number of ether oxygens (including phenoxy) is 1. The first-order valence-electron chi connectivity index (χ1n) is 9.26. The van der Waals surface area contributed by atoms with Crippen molar-refractivity contribution in [3.05, 3.63) is 0 Å². The van der Waals surface area contributed by atoms with E-state index >= 15 is 0 Å². The zero-order valence-electron chi connectivity index (χ0n) is 14.1. The van der Waals surface area contributed by atoms with E-state index in [-0.39, 0.29) is 0 Å². The second-order valence-corrected chi connectivity index (χ2v) is 8.03. The summed E-state index contributed by atoms with van der Waals surface area (Å²) < 4.78 is 6.23. The molecular weight excluding hydrogens is 260 g/mol. The third-order valence-electron chi connectivity index (χ3n) is 5.99. The minimum Gasteiger partial charge on any atom is -0.372 e. The molecule has 1 N–H and O–H groups in total. The molecule has 2 atom stereocenters. The quantitative estimate of drug-likeness (QED) is 0.843. The summed E-state index contributed by atoms with van der Waals surface area (Å²) in [6, 6.07) is 0.567. The van der Waals surface area contributed by atoms with Crippen LogP contribution in [0.4, 0.5) is 0 Å². The molecule has 2 saturated heterocycles. The van der Waals surface area contributed by atoms with Crippen LogP contribution in [-0.2, 0) is 4.74 Å². The highest BCUT2D eigenvalue weighted by Gasteiger charge is 2.37. The SMILES string of the molecule is CC(C)NCC1CCC(CN2CCC3(CCCC3)CC2)O1. The summed E-state index contributed by atoms with van der Waals surface area (Å²) in [4.78, 5) is 2.67. The maximum atomic E-state index is 6.23. The third-order valence-corrected chi connectivity index (χ3v) is 5.99. The van der Waals surface area contributed by atoms with E-state index in [0.29, 0.717) is 18.2 Å². The summed E-state index contributed by atoms with van der Waals surface area (Å²) in [5, 5.41) is 3.51. The molecular formula is C18H34N2O. The van der Waals surface area contributed by atoms with Gasteiger partial charge < -0.3 is 15.0 Å². The Morgan fingerprint density at radius 2 is 1.71 bits per heavy atom. The molecule has 0 amide bonds. The summed E-state index contributed by atoms with van der Waals surface area (Å²) in [6.07, 6.45) is 12.3. The minimum atomic E-state index is 0.448. The van der Waals surface area contributed by atoms with Crippen LogP contribution in [0.15, 0.2) is 0 Å². The average Bonchev–Trinajstić information content (AvgIpc) is 3.09. The van der Waals surface area contributed by atoms with Gasteiger partial charge in [-0.15, -0.1) is 0 Å². The Bertz CT molecular complexity index is 315. The highest BCUT2D eigenvalue weighted by atomic mass is 16.5. The van der Waals surface area contributed by atoms with E-state index in [1.807, 2.05) is 0 Å². The topological polar surface area (TPSA) is 24.5 Å². The van der Waals surface area contributed by atoms with Crippen molar-refractivity contribution in [1.29, 1.82) is 0 Å². The number of piperidine rings is 1. The predicted octanol–water partition coefficient (Wildman–Crippen LogP) is 3.19. The lowest BCUT2D eigenvalue weighted by Gasteiger charge is -2.40. The van der Waals surface area contributed by atoms with Gasteiger partial charge in [0.2, 0.25) is 0 Å². The standard InChI is InChI=1S/C18H34N2O/c1-15(2)19-13-16-5-6-17(21-16)14-20-11-9-18(10-12-20)7-3-4-8-18/h15-17,19H,3-14H2,1-2H3. The fourth-order valence-electron chi connectivity index (χ4n) is 4.55. The van der Waals surface area contributed by atoms with Crippen LogP contribution in [0, 0.1) is 5.41 Å². The van der Waals surface area contributed by atoms with Gasteiger partial charge in [-0.1, -0.05) is 26.7 Å². The number of hydrogen-bond donors (Lipinski definition) is 1. The molecule has 0 bridgehead atoms. The number of nitrogens with zero attached hydrogens (tertiary/aromatic N) is 1. The molecule has 3 rings (SSSR count). The van der Waals surface area contributed by atoms with Crippen LogP contribution in [0.25, 0.3) is 0 Å². The summed E-state index contributed by atoms with van der Waals surface area (Å²) >= 11 is 0. The van der Waals surface area contributed by atoms with Gasteiger partial charge in [-0.3, -0.25) is 0 Å². The summed E-state index contributed by atoms with van der Waals surface area (Å²) in [6.45, 7) is 9.24. The first kappa shape index (κ1) is 15.8. The van der Waals surface area contributed by atoms with E-state index in [2.05, 4.69) is 24.1 Å². The maximum Gasteiger partial charge on any atom is 0.0707 e.